The van der Waals surface area contributed by atoms with E-state index >= 15 is 0 Å². The Morgan fingerprint density at radius 2 is 1.94 bits per heavy atom. The number of phenols is 1. The maximum atomic E-state index is 14.3. The molecule has 0 aliphatic heterocycles. The van der Waals surface area contributed by atoms with Crippen molar-refractivity contribution in [2.45, 2.75) is 24.1 Å². The van der Waals surface area contributed by atoms with E-state index in [1.165, 1.54) is 30.4 Å². The van der Waals surface area contributed by atoms with Crippen LogP contribution in [0.4, 0.5) is 10.2 Å². The SMILES string of the molecule is C=CC(Nc1ncccc1C)S(=O)(=O)c1ccc(C=Cc2cc(C(=O)OCC)c(O)cc2F)cc1. The van der Waals surface area contributed by atoms with Crippen molar-refractivity contribution in [3.05, 3.63) is 95.5 Å². The molecule has 0 amide bonds. The number of nitrogens with zero attached hydrogens (tertiary/aromatic N) is 1. The smallest absolute Gasteiger partial charge is 0.341 e. The number of aromatic nitrogens is 1. The van der Waals surface area contributed by atoms with E-state index in [2.05, 4.69) is 16.9 Å². The fourth-order valence-electron chi connectivity index (χ4n) is 3.22. The van der Waals surface area contributed by atoms with Gasteiger partial charge in [0.05, 0.1) is 11.5 Å². The summed E-state index contributed by atoms with van der Waals surface area (Å²) < 4.78 is 45.3. The number of pyridine rings is 1. The molecule has 1 atom stereocenters. The lowest BCUT2D eigenvalue weighted by molar-refractivity contribution is 0.0523. The standard InChI is InChI=1S/C26H25FN2O5S/c1-4-24(29-25-17(3)7-6-14-28-25)35(32,33)20-12-9-18(10-13-20)8-11-19-15-21(26(31)34-5-2)23(30)16-22(19)27/h4,6-16,24,30H,1,5H2,2-3H3,(H,28,29). The summed E-state index contributed by atoms with van der Waals surface area (Å²) in [6.45, 7) is 7.19. The number of sulfone groups is 1. The number of aromatic hydroxyl groups is 1. The molecule has 0 spiro atoms. The minimum Gasteiger partial charge on any atom is -0.507 e. The third kappa shape index (κ3) is 5.93. The molecular formula is C26H25FN2O5S. The molecule has 7 nitrogen and oxygen atoms in total. The van der Waals surface area contributed by atoms with Crippen LogP contribution in [0.15, 0.2) is 72.3 Å². The Kier molecular flexibility index (Phi) is 8.03. The third-order valence-electron chi connectivity index (χ3n) is 5.11. The van der Waals surface area contributed by atoms with Gasteiger partial charge in [-0.15, -0.1) is 0 Å². The lowest BCUT2D eigenvalue weighted by Gasteiger charge is -2.17. The average molecular weight is 497 g/mol. The zero-order valence-corrected chi connectivity index (χ0v) is 20.0. The minimum atomic E-state index is -3.81. The number of carbonyl (C=O) groups is 1. The second-order valence-electron chi connectivity index (χ2n) is 7.53. The molecule has 3 rings (SSSR count). The van der Waals surface area contributed by atoms with E-state index < -0.39 is 32.7 Å². The molecule has 1 unspecified atom stereocenters. The molecule has 0 saturated heterocycles. The number of anilines is 1. The molecule has 0 aliphatic carbocycles. The summed E-state index contributed by atoms with van der Waals surface area (Å²) in [5, 5.41) is 11.6. The maximum absolute atomic E-state index is 14.3. The monoisotopic (exact) mass is 496 g/mol. The molecule has 35 heavy (non-hydrogen) atoms. The normalized spacial score (nSPS) is 12.3. The van der Waals surface area contributed by atoms with Gasteiger partial charge < -0.3 is 15.2 Å². The van der Waals surface area contributed by atoms with Crippen LogP contribution in [0, 0.1) is 12.7 Å². The number of nitrogens with one attached hydrogen (secondary N) is 1. The first-order chi connectivity index (χ1) is 16.7. The predicted molar refractivity (Wildman–Crippen MR) is 133 cm³/mol. The molecule has 182 valence electrons. The highest BCUT2D eigenvalue weighted by molar-refractivity contribution is 7.92. The topological polar surface area (TPSA) is 106 Å². The molecule has 1 aromatic heterocycles. The number of carbonyl (C=O) groups excluding carboxylic acids is 1. The van der Waals surface area contributed by atoms with Crippen molar-refractivity contribution >= 4 is 33.8 Å². The molecule has 0 bridgehead atoms. The van der Waals surface area contributed by atoms with Gasteiger partial charge in [-0.05, 0) is 49.2 Å². The summed E-state index contributed by atoms with van der Waals surface area (Å²) in [6.07, 6.45) is 5.84. The Labute approximate surface area is 203 Å². The first kappa shape index (κ1) is 25.6. The highest BCUT2D eigenvalue weighted by atomic mass is 32.2. The van der Waals surface area contributed by atoms with Gasteiger partial charge in [0.1, 0.15) is 22.9 Å². The number of ether oxygens (including phenoxy) is 1. The summed E-state index contributed by atoms with van der Waals surface area (Å²) in [7, 11) is -3.81. The molecular weight excluding hydrogens is 471 g/mol. The van der Waals surface area contributed by atoms with Crippen molar-refractivity contribution in [2.75, 3.05) is 11.9 Å². The van der Waals surface area contributed by atoms with Crippen LogP contribution < -0.4 is 5.32 Å². The number of aryl methyl sites for hydroxylation is 1. The molecule has 1 heterocycles. The van der Waals surface area contributed by atoms with Crippen molar-refractivity contribution < 1.29 is 27.4 Å². The molecule has 0 radical (unpaired) electrons. The third-order valence-corrected chi connectivity index (χ3v) is 7.02. The molecule has 3 aromatic rings. The highest BCUT2D eigenvalue weighted by Gasteiger charge is 2.25. The van der Waals surface area contributed by atoms with Gasteiger partial charge in [-0.3, -0.25) is 0 Å². The Morgan fingerprint density at radius 3 is 2.57 bits per heavy atom. The summed E-state index contributed by atoms with van der Waals surface area (Å²) in [5.74, 6) is -1.56. The van der Waals surface area contributed by atoms with Crippen molar-refractivity contribution in [1.82, 2.24) is 4.98 Å². The van der Waals surface area contributed by atoms with E-state index in [0.717, 1.165) is 11.6 Å². The predicted octanol–water partition coefficient (Wildman–Crippen LogP) is 4.98. The summed E-state index contributed by atoms with van der Waals surface area (Å²) in [5.41, 5.74) is 1.30. The molecule has 2 aromatic carbocycles. The van der Waals surface area contributed by atoms with E-state index in [1.807, 2.05) is 13.0 Å². The first-order valence-electron chi connectivity index (χ1n) is 10.7. The number of phenolic OH excluding ortho intramolecular Hbond substituents is 1. The number of benzene rings is 2. The second kappa shape index (κ2) is 11.0. The fraction of sp³-hybridized carbons (Fsp3) is 0.154. The Morgan fingerprint density at radius 1 is 1.23 bits per heavy atom. The molecule has 0 fully saturated rings. The second-order valence-corrected chi connectivity index (χ2v) is 9.60. The largest absolute Gasteiger partial charge is 0.507 e. The van der Waals surface area contributed by atoms with Crippen molar-refractivity contribution in [2.24, 2.45) is 0 Å². The van der Waals surface area contributed by atoms with E-state index in [1.54, 1.807) is 37.4 Å². The number of halogens is 1. The van der Waals surface area contributed by atoms with Gasteiger partial charge in [-0.25, -0.2) is 22.6 Å². The average Bonchev–Trinajstić information content (AvgIpc) is 2.83. The number of rotatable bonds is 9. The van der Waals surface area contributed by atoms with Gasteiger partial charge in [0.25, 0.3) is 0 Å². The number of esters is 1. The molecule has 9 heteroatoms. The minimum absolute atomic E-state index is 0.0594. The first-order valence-corrected chi connectivity index (χ1v) is 12.2. The number of hydrogen-bond acceptors (Lipinski definition) is 7. The van der Waals surface area contributed by atoms with Crippen molar-refractivity contribution in [1.29, 1.82) is 0 Å². The lowest BCUT2D eigenvalue weighted by Crippen LogP contribution is -2.28. The number of hydrogen-bond donors (Lipinski definition) is 2. The Balaban J connectivity index is 1.82. The van der Waals surface area contributed by atoms with Gasteiger partial charge >= 0.3 is 5.97 Å². The molecule has 0 aliphatic rings. The Hall–Kier alpha value is -3.98. The molecule has 0 saturated carbocycles. The zero-order valence-electron chi connectivity index (χ0n) is 19.2. The van der Waals surface area contributed by atoms with Crippen LogP contribution >= 0.6 is 0 Å². The lowest BCUT2D eigenvalue weighted by atomic mass is 10.1. The van der Waals surface area contributed by atoms with Crippen molar-refractivity contribution in [3.8, 4) is 5.75 Å². The maximum Gasteiger partial charge on any atom is 0.341 e. The van der Waals surface area contributed by atoms with E-state index in [9.17, 15) is 22.7 Å². The van der Waals surface area contributed by atoms with Crippen LogP contribution in [0.25, 0.3) is 12.2 Å². The summed E-state index contributed by atoms with van der Waals surface area (Å²) in [6, 6.07) is 11.6. The quantitative estimate of drug-likeness (QED) is 0.244. The highest BCUT2D eigenvalue weighted by Crippen LogP contribution is 2.25. The summed E-state index contributed by atoms with van der Waals surface area (Å²) >= 11 is 0. The van der Waals surface area contributed by atoms with Gasteiger partial charge in [0.15, 0.2) is 5.37 Å². The van der Waals surface area contributed by atoms with Gasteiger partial charge in [-0.2, -0.15) is 0 Å². The fourth-order valence-corrected chi connectivity index (χ4v) is 4.54. The van der Waals surface area contributed by atoms with Crippen LogP contribution in [0.2, 0.25) is 0 Å². The van der Waals surface area contributed by atoms with Gasteiger partial charge in [0, 0.05) is 17.8 Å². The van der Waals surface area contributed by atoms with Crippen LogP contribution in [0.5, 0.6) is 5.75 Å². The zero-order chi connectivity index (χ0) is 25.6. The van der Waals surface area contributed by atoms with Gasteiger partial charge in [-0.1, -0.05) is 43.0 Å². The van der Waals surface area contributed by atoms with Gasteiger partial charge in [0.2, 0.25) is 9.84 Å². The van der Waals surface area contributed by atoms with E-state index in [4.69, 9.17) is 4.74 Å². The van der Waals surface area contributed by atoms with Crippen LogP contribution in [0.3, 0.4) is 0 Å². The van der Waals surface area contributed by atoms with Crippen LogP contribution in [0.1, 0.15) is 34.0 Å². The van der Waals surface area contributed by atoms with Crippen LogP contribution in [-0.2, 0) is 14.6 Å². The molecule has 2 N–H and O–H groups in total. The van der Waals surface area contributed by atoms with Crippen molar-refractivity contribution in [3.63, 3.8) is 0 Å². The Bertz CT molecular complexity index is 1370. The van der Waals surface area contributed by atoms with E-state index in [0.29, 0.717) is 11.4 Å². The van der Waals surface area contributed by atoms with Crippen LogP contribution in [-0.4, -0.2) is 36.5 Å². The van der Waals surface area contributed by atoms with E-state index in [-0.39, 0.29) is 22.6 Å². The summed E-state index contributed by atoms with van der Waals surface area (Å²) in [4.78, 5) is 16.2.